The minimum atomic E-state index is 0. The Morgan fingerprint density at radius 1 is 1.30 bits per heavy atom. The summed E-state index contributed by atoms with van der Waals surface area (Å²) in [7, 11) is 0. The van der Waals surface area contributed by atoms with Crippen molar-refractivity contribution in [2.75, 3.05) is 32.7 Å². The van der Waals surface area contributed by atoms with Gasteiger partial charge in [0.15, 0.2) is 0 Å². The molecule has 1 unspecified atom stereocenters. The second kappa shape index (κ2) is 9.05. The van der Waals surface area contributed by atoms with E-state index in [1.54, 1.807) is 24.5 Å². The molecule has 23 heavy (non-hydrogen) atoms. The molecule has 6 nitrogen and oxygen atoms in total. The first-order chi connectivity index (χ1) is 10.3. The van der Waals surface area contributed by atoms with E-state index in [9.17, 15) is 9.59 Å². The van der Waals surface area contributed by atoms with Gasteiger partial charge in [-0.2, -0.15) is 0 Å². The standard InChI is InChI=1S/C15H20N4O2.2ClH/c20-14-10-17-6-8-19(14)13-4-2-7-18(11-13)15(21)12-3-1-5-16-9-12;;/h1,3,5,9,13,17H,2,4,6-8,10-11H2;2*1H. The third-order valence-electron chi connectivity index (χ3n) is 4.16. The highest BCUT2D eigenvalue weighted by Gasteiger charge is 2.31. The second-order valence-electron chi connectivity index (χ2n) is 5.55. The van der Waals surface area contributed by atoms with Crippen LogP contribution in [-0.4, -0.2) is 65.4 Å². The minimum Gasteiger partial charge on any atom is -0.337 e. The molecule has 0 bridgehead atoms. The molecule has 0 aliphatic carbocycles. The van der Waals surface area contributed by atoms with Crippen molar-refractivity contribution >= 4 is 36.6 Å². The number of hydrogen-bond donors (Lipinski definition) is 1. The number of likely N-dealkylation sites (tertiary alicyclic amines) is 1. The second-order valence-corrected chi connectivity index (χ2v) is 5.55. The Morgan fingerprint density at radius 3 is 2.83 bits per heavy atom. The average molecular weight is 361 g/mol. The predicted octanol–water partition coefficient (Wildman–Crippen LogP) is 0.962. The van der Waals surface area contributed by atoms with Crippen molar-refractivity contribution in [3.8, 4) is 0 Å². The average Bonchev–Trinajstić information content (AvgIpc) is 2.55. The number of piperidine rings is 1. The van der Waals surface area contributed by atoms with E-state index in [-0.39, 0.29) is 42.7 Å². The number of nitrogens with one attached hydrogen (secondary N) is 1. The van der Waals surface area contributed by atoms with Gasteiger partial charge >= 0.3 is 0 Å². The van der Waals surface area contributed by atoms with Gasteiger partial charge in [0.05, 0.1) is 12.1 Å². The summed E-state index contributed by atoms with van der Waals surface area (Å²) in [5.74, 6) is 0.150. The van der Waals surface area contributed by atoms with Crippen LogP contribution in [0.15, 0.2) is 24.5 Å². The number of amides is 2. The van der Waals surface area contributed by atoms with Gasteiger partial charge in [-0.05, 0) is 25.0 Å². The van der Waals surface area contributed by atoms with E-state index in [1.807, 2.05) is 9.80 Å². The number of rotatable bonds is 2. The van der Waals surface area contributed by atoms with Crippen molar-refractivity contribution in [1.29, 1.82) is 0 Å². The topological polar surface area (TPSA) is 65.5 Å². The Morgan fingerprint density at radius 2 is 2.13 bits per heavy atom. The van der Waals surface area contributed by atoms with Crippen LogP contribution in [0, 0.1) is 0 Å². The highest BCUT2D eigenvalue weighted by molar-refractivity contribution is 5.94. The molecule has 128 valence electrons. The van der Waals surface area contributed by atoms with Crippen LogP contribution in [0.2, 0.25) is 0 Å². The number of carbonyl (C=O) groups is 2. The van der Waals surface area contributed by atoms with Gasteiger partial charge in [-0.25, -0.2) is 0 Å². The highest BCUT2D eigenvalue weighted by atomic mass is 35.5. The van der Waals surface area contributed by atoms with E-state index >= 15 is 0 Å². The number of halogens is 2. The van der Waals surface area contributed by atoms with Crippen LogP contribution in [-0.2, 0) is 4.79 Å². The van der Waals surface area contributed by atoms with Crippen LogP contribution in [0.25, 0.3) is 0 Å². The molecule has 8 heteroatoms. The fourth-order valence-corrected chi connectivity index (χ4v) is 3.07. The third kappa shape index (κ3) is 4.56. The smallest absolute Gasteiger partial charge is 0.255 e. The summed E-state index contributed by atoms with van der Waals surface area (Å²) in [6, 6.07) is 3.71. The Hall–Kier alpha value is -1.37. The summed E-state index contributed by atoms with van der Waals surface area (Å²) in [5, 5.41) is 3.08. The monoisotopic (exact) mass is 360 g/mol. The molecule has 1 aromatic rings. The largest absolute Gasteiger partial charge is 0.337 e. The Labute approximate surface area is 148 Å². The van der Waals surface area contributed by atoms with E-state index in [0.29, 0.717) is 18.7 Å². The molecule has 1 N–H and O–H groups in total. The van der Waals surface area contributed by atoms with E-state index in [1.165, 1.54) is 0 Å². The molecule has 2 aliphatic heterocycles. The summed E-state index contributed by atoms with van der Waals surface area (Å²) in [5.41, 5.74) is 0.616. The Kier molecular flexibility index (Phi) is 7.75. The molecule has 3 rings (SSSR count). The fourth-order valence-electron chi connectivity index (χ4n) is 3.07. The zero-order valence-electron chi connectivity index (χ0n) is 12.8. The van der Waals surface area contributed by atoms with Crippen molar-refractivity contribution in [3.63, 3.8) is 0 Å². The first-order valence-corrected chi connectivity index (χ1v) is 7.45. The summed E-state index contributed by atoms with van der Waals surface area (Å²) < 4.78 is 0. The van der Waals surface area contributed by atoms with Gasteiger partial charge in [0.2, 0.25) is 5.91 Å². The van der Waals surface area contributed by atoms with Crippen LogP contribution in [0.3, 0.4) is 0 Å². The number of piperazine rings is 1. The van der Waals surface area contributed by atoms with Crippen molar-refractivity contribution in [1.82, 2.24) is 20.1 Å². The Bertz CT molecular complexity index is 529. The summed E-state index contributed by atoms with van der Waals surface area (Å²) in [6.07, 6.45) is 5.17. The molecule has 3 heterocycles. The van der Waals surface area contributed by atoms with Crippen molar-refractivity contribution in [2.45, 2.75) is 18.9 Å². The maximum Gasteiger partial charge on any atom is 0.255 e. The lowest BCUT2D eigenvalue weighted by Gasteiger charge is -2.41. The SMILES string of the molecule is Cl.Cl.O=C(c1cccnc1)N1CCCC(N2CCNCC2=O)C1. The zero-order chi connectivity index (χ0) is 14.7. The molecule has 0 spiro atoms. The highest BCUT2D eigenvalue weighted by Crippen LogP contribution is 2.18. The molecular weight excluding hydrogens is 339 g/mol. The van der Waals surface area contributed by atoms with Crippen LogP contribution in [0.4, 0.5) is 0 Å². The van der Waals surface area contributed by atoms with Gasteiger partial charge in [0, 0.05) is 44.6 Å². The van der Waals surface area contributed by atoms with Crippen molar-refractivity contribution in [3.05, 3.63) is 30.1 Å². The van der Waals surface area contributed by atoms with Crippen LogP contribution in [0.5, 0.6) is 0 Å². The lowest BCUT2D eigenvalue weighted by Crippen LogP contribution is -2.57. The molecule has 2 saturated heterocycles. The normalized spacial score (nSPS) is 21.2. The van der Waals surface area contributed by atoms with Gasteiger partial charge in [-0.15, -0.1) is 24.8 Å². The zero-order valence-corrected chi connectivity index (χ0v) is 14.4. The first-order valence-electron chi connectivity index (χ1n) is 7.45. The quantitative estimate of drug-likeness (QED) is 0.852. The van der Waals surface area contributed by atoms with Crippen LogP contribution >= 0.6 is 24.8 Å². The van der Waals surface area contributed by atoms with Crippen LogP contribution < -0.4 is 5.32 Å². The van der Waals surface area contributed by atoms with Gasteiger partial charge in [0.25, 0.3) is 5.91 Å². The predicted molar refractivity (Wildman–Crippen MR) is 92.2 cm³/mol. The lowest BCUT2D eigenvalue weighted by atomic mass is 10.0. The third-order valence-corrected chi connectivity index (χ3v) is 4.16. The fraction of sp³-hybridized carbons (Fsp3) is 0.533. The summed E-state index contributed by atoms with van der Waals surface area (Å²) >= 11 is 0. The number of aromatic nitrogens is 1. The summed E-state index contributed by atoms with van der Waals surface area (Å²) in [6.45, 7) is 3.36. The molecule has 1 aromatic heterocycles. The van der Waals surface area contributed by atoms with Crippen LogP contribution in [0.1, 0.15) is 23.2 Å². The molecule has 2 amide bonds. The summed E-state index contributed by atoms with van der Waals surface area (Å²) in [4.78, 5) is 32.2. The van der Waals surface area contributed by atoms with Crippen molar-refractivity contribution < 1.29 is 9.59 Å². The van der Waals surface area contributed by atoms with Gasteiger partial charge < -0.3 is 15.1 Å². The number of carbonyl (C=O) groups excluding carboxylic acids is 2. The molecule has 0 aromatic carbocycles. The number of nitrogens with zero attached hydrogens (tertiary/aromatic N) is 3. The molecule has 2 aliphatic rings. The maximum atomic E-state index is 12.5. The number of hydrogen-bond acceptors (Lipinski definition) is 4. The molecule has 1 atom stereocenters. The maximum absolute atomic E-state index is 12.5. The van der Waals surface area contributed by atoms with E-state index in [0.717, 1.165) is 32.5 Å². The van der Waals surface area contributed by atoms with E-state index in [2.05, 4.69) is 10.3 Å². The molecular formula is C15H22Cl2N4O2. The van der Waals surface area contributed by atoms with Gasteiger partial charge in [-0.3, -0.25) is 14.6 Å². The lowest BCUT2D eigenvalue weighted by molar-refractivity contribution is -0.135. The molecule has 2 fully saturated rings. The first kappa shape index (κ1) is 19.7. The number of pyridine rings is 1. The Balaban J connectivity index is 0.00000132. The van der Waals surface area contributed by atoms with E-state index in [4.69, 9.17) is 0 Å². The minimum absolute atomic E-state index is 0. The van der Waals surface area contributed by atoms with Gasteiger partial charge in [0.1, 0.15) is 0 Å². The van der Waals surface area contributed by atoms with Gasteiger partial charge in [-0.1, -0.05) is 0 Å². The van der Waals surface area contributed by atoms with E-state index < -0.39 is 0 Å². The molecule has 0 radical (unpaired) electrons. The van der Waals surface area contributed by atoms with Crippen molar-refractivity contribution in [2.24, 2.45) is 0 Å². The molecule has 0 saturated carbocycles.